The number of hydrogen-bond acceptors (Lipinski definition) is 3. The Bertz CT molecular complexity index is 574. The summed E-state index contributed by atoms with van der Waals surface area (Å²) in [4.78, 5) is 4.62. The SMILES string of the molecule is CCNC(=NCc1ccc(F)cc1CSC)NCC1(O)CCCCC1. The van der Waals surface area contributed by atoms with Crippen LogP contribution in [-0.4, -0.2) is 36.0 Å². The van der Waals surface area contributed by atoms with E-state index in [9.17, 15) is 9.50 Å². The minimum atomic E-state index is -0.631. The van der Waals surface area contributed by atoms with Crippen molar-refractivity contribution in [2.75, 3.05) is 19.3 Å². The monoisotopic (exact) mass is 367 g/mol. The van der Waals surface area contributed by atoms with Crippen LogP contribution in [0.2, 0.25) is 0 Å². The van der Waals surface area contributed by atoms with Crippen molar-refractivity contribution in [1.29, 1.82) is 0 Å². The molecule has 0 bridgehead atoms. The molecule has 1 aliphatic rings. The number of nitrogens with zero attached hydrogens (tertiary/aromatic N) is 1. The summed E-state index contributed by atoms with van der Waals surface area (Å²) < 4.78 is 13.5. The number of aliphatic imine (C=N–C) groups is 1. The third kappa shape index (κ3) is 6.51. The van der Waals surface area contributed by atoms with Gasteiger partial charge in [-0.3, -0.25) is 0 Å². The zero-order chi connectivity index (χ0) is 18.1. The van der Waals surface area contributed by atoms with E-state index in [1.807, 2.05) is 19.2 Å². The fraction of sp³-hybridized carbons (Fsp3) is 0.632. The van der Waals surface area contributed by atoms with Gasteiger partial charge < -0.3 is 15.7 Å². The quantitative estimate of drug-likeness (QED) is 0.510. The number of guanidine groups is 1. The van der Waals surface area contributed by atoms with E-state index in [1.165, 1.54) is 12.5 Å². The predicted octanol–water partition coefficient (Wildman–Crippen LogP) is 3.44. The molecule has 1 aromatic rings. The first-order chi connectivity index (χ1) is 12.1. The van der Waals surface area contributed by atoms with Crippen LogP contribution in [0.5, 0.6) is 0 Å². The highest BCUT2D eigenvalue weighted by Gasteiger charge is 2.29. The van der Waals surface area contributed by atoms with Gasteiger partial charge in [0, 0.05) is 18.8 Å². The van der Waals surface area contributed by atoms with Gasteiger partial charge in [0.15, 0.2) is 5.96 Å². The fourth-order valence-corrected chi connectivity index (χ4v) is 3.76. The number of benzene rings is 1. The highest BCUT2D eigenvalue weighted by atomic mass is 32.2. The molecule has 0 saturated heterocycles. The molecule has 1 fully saturated rings. The lowest BCUT2D eigenvalue weighted by atomic mass is 9.85. The van der Waals surface area contributed by atoms with Crippen LogP contribution < -0.4 is 10.6 Å². The molecule has 0 aliphatic heterocycles. The maximum Gasteiger partial charge on any atom is 0.191 e. The Morgan fingerprint density at radius 2 is 2.00 bits per heavy atom. The minimum Gasteiger partial charge on any atom is -0.388 e. The zero-order valence-corrected chi connectivity index (χ0v) is 16.1. The number of thioether (sulfide) groups is 1. The number of rotatable bonds is 7. The molecule has 0 atom stereocenters. The van der Waals surface area contributed by atoms with Gasteiger partial charge in [0.25, 0.3) is 0 Å². The van der Waals surface area contributed by atoms with Crippen LogP contribution in [0.25, 0.3) is 0 Å². The molecule has 6 heteroatoms. The number of halogens is 1. The van der Waals surface area contributed by atoms with Gasteiger partial charge >= 0.3 is 0 Å². The molecule has 3 N–H and O–H groups in total. The Balaban J connectivity index is 2.01. The van der Waals surface area contributed by atoms with Crippen molar-refractivity contribution in [3.05, 3.63) is 35.1 Å². The average molecular weight is 368 g/mol. The summed E-state index contributed by atoms with van der Waals surface area (Å²) in [5, 5.41) is 17.1. The number of aliphatic hydroxyl groups is 1. The molecular weight excluding hydrogens is 337 g/mol. The smallest absolute Gasteiger partial charge is 0.191 e. The molecule has 1 saturated carbocycles. The largest absolute Gasteiger partial charge is 0.388 e. The fourth-order valence-electron chi connectivity index (χ4n) is 3.18. The summed E-state index contributed by atoms with van der Waals surface area (Å²) in [6.07, 6.45) is 7.07. The topological polar surface area (TPSA) is 56.7 Å². The Labute approximate surface area is 154 Å². The lowest BCUT2D eigenvalue weighted by molar-refractivity contribution is 0.00859. The molecule has 0 aromatic heterocycles. The summed E-state index contributed by atoms with van der Waals surface area (Å²) in [5.74, 6) is 1.26. The van der Waals surface area contributed by atoms with E-state index in [1.54, 1.807) is 17.8 Å². The molecule has 0 unspecified atom stereocenters. The molecule has 140 valence electrons. The Hall–Kier alpha value is -1.27. The Morgan fingerprint density at radius 3 is 2.68 bits per heavy atom. The van der Waals surface area contributed by atoms with Gasteiger partial charge in [0.1, 0.15) is 5.82 Å². The molecule has 25 heavy (non-hydrogen) atoms. The third-order valence-electron chi connectivity index (χ3n) is 4.59. The lowest BCUT2D eigenvalue weighted by Gasteiger charge is -2.32. The van der Waals surface area contributed by atoms with E-state index < -0.39 is 5.60 Å². The lowest BCUT2D eigenvalue weighted by Crippen LogP contribution is -2.48. The van der Waals surface area contributed by atoms with Crippen LogP contribution in [0.1, 0.15) is 50.2 Å². The molecule has 0 spiro atoms. The molecule has 0 amide bonds. The molecular formula is C19H30FN3OS. The normalized spacial score (nSPS) is 17.4. The third-order valence-corrected chi connectivity index (χ3v) is 5.19. The van der Waals surface area contributed by atoms with Crippen molar-refractivity contribution < 1.29 is 9.50 Å². The number of nitrogens with one attached hydrogen (secondary N) is 2. The Kier molecular flexibility index (Phi) is 8.03. The second kappa shape index (κ2) is 10.0. The van der Waals surface area contributed by atoms with Gasteiger partial charge in [-0.05, 0) is 49.3 Å². The number of hydrogen-bond donors (Lipinski definition) is 3. The van der Waals surface area contributed by atoms with E-state index in [2.05, 4.69) is 15.6 Å². The summed E-state index contributed by atoms with van der Waals surface area (Å²) in [6.45, 7) is 3.78. The molecule has 0 radical (unpaired) electrons. The second-order valence-electron chi connectivity index (χ2n) is 6.68. The van der Waals surface area contributed by atoms with Crippen LogP contribution in [0.4, 0.5) is 4.39 Å². The highest BCUT2D eigenvalue weighted by molar-refractivity contribution is 7.97. The summed E-state index contributed by atoms with van der Waals surface area (Å²) >= 11 is 1.67. The second-order valence-corrected chi connectivity index (χ2v) is 7.55. The standard InChI is InChI=1S/C19H30FN3OS/c1-3-21-18(23-14-19(24)9-5-4-6-10-19)22-12-15-7-8-17(20)11-16(15)13-25-2/h7-8,11,24H,3-6,9-10,12-14H2,1-2H3,(H2,21,22,23). The van der Waals surface area contributed by atoms with Crippen molar-refractivity contribution in [2.45, 2.75) is 56.9 Å². The van der Waals surface area contributed by atoms with Gasteiger partial charge in [-0.2, -0.15) is 11.8 Å². The van der Waals surface area contributed by atoms with E-state index in [0.717, 1.165) is 49.1 Å². The first kappa shape index (κ1) is 20.0. The van der Waals surface area contributed by atoms with Crippen molar-refractivity contribution in [3.8, 4) is 0 Å². The van der Waals surface area contributed by atoms with Gasteiger partial charge in [-0.25, -0.2) is 9.38 Å². The van der Waals surface area contributed by atoms with Crippen molar-refractivity contribution in [3.63, 3.8) is 0 Å². The van der Waals surface area contributed by atoms with Crippen LogP contribution in [0.3, 0.4) is 0 Å². The van der Waals surface area contributed by atoms with Crippen LogP contribution in [0, 0.1) is 5.82 Å². The van der Waals surface area contributed by atoms with Crippen molar-refractivity contribution >= 4 is 17.7 Å². The minimum absolute atomic E-state index is 0.207. The molecule has 1 aliphatic carbocycles. The van der Waals surface area contributed by atoms with Crippen molar-refractivity contribution in [2.24, 2.45) is 4.99 Å². The predicted molar refractivity (Wildman–Crippen MR) is 104 cm³/mol. The highest BCUT2D eigenvalue weighted by Crippen LogP contribution is 2.27. The molecule has 4 nitrogen and oxygen atoms in total. The summed E-state index contributed by atoms with van der Waals surface area (Å²) in [7, 11) is 0. The first-order valence-electron chi connectivity index (χ1n) is 9.07. The van der Waals surface area contributed by atoms with E-state index in [-0.39, 0.29) is 5.82 Å². The summed E-state index contributed by atoms with van der Waals surface area (Å²) in [5.41, 5.74) is 1.39. The summed E-state index contributed by atoms with van der Waals surface area (Å²) in [6, 6.07) is 4.88. The van der Waals surface area contributed by atoms with Gasteiger partial charge in [0.2, 0.25) is 0 Å². The van der Waals surface area contributed by atoms with Crippen LogP contribution in [-0.2, 0) is 12.3 Å². The van der Waals surface area contributed by atoms with E-state index >= 15 is 0 Å². The van der Waals surface area contributed by atoms with Gasteiger partial charge in [-0.15, -0.1) is 0 Å². The first-order valence-corrected chi connectivity index (χ1v) is 10.5. The van der Waals surface area contributed by atoms with E-state index in [4.69, 9.17) is 0 Å². The maximum absolute atomic E-state index is 13.5. The van der Waals surface area contributed by atoms with Gasteiger partial charge in [-0.1, -0.05) is 25.3 Å². The van der Waals surface area contributed by atoms with Crippen molar-refractivity contribution in [1.82, 2.24) is 10.6 Å². The average Bonchev–Trinajstić information content (AvgIpc) is 2.60. The van der Waals surface area contributed by atoms with Crippen LogP contribution in [0.15, 0.2) is 23.2 Å². The molecule has 1 aromatic carbocycles. The molecule has 2 rings (SSSR count). The molecule has 0 heterocycles. The van der Waals surface area contributed by atoms with Gasteiger partial charge in [0.05, 0.1) is 12.1 Å². The Morgan fingerprint density at radius 1 is 1.24 bits per heavy atom. The zero-order valence-electron chi connectivity index (χ0n) is 15.3. The maximum atomic E-state index is 13.5. The van der Waals surface area contributed by atoms with Crippen LogP contribution >= 0.6 is 11.8 Å². The van der Waals surface area contributed by atoms with E-state index in [0.29, 0.717) is 19.0 Å².